The summed E-state index contributed by atoms with van der Waals surface area (Å²) in [5, 5.41) is 10.4. The summed E-state index contributed by atoms with van der Waals surface area (Å²) < 4.78 is 24.4. The number of fused-ring (bicyclic) bond motifs is 1. The maximum Gasteiger partial charge on any atom is 0.355 e. The van der Waals surface area contributed by atoms with E-state index in [2.05, 4.69) is 72.0 Å². The van der Waals surface area contributed by atoms with E-state index < -0.39 is 57.1 Å². The summed E-state index contributed by atoms with van der Waals surface area (Å²) in [5.74, 6) is -3.97. The van der Waals surface area contributed by atoms with E-state index >= 15 is 8.78 Å². The fourth-order valence-electron chi connectivity index (χ4n) is 5.41. The van der Waals surface area contributed by atoms with E-state index in [0.717, 1.165) is 32.6 Å². The van der Waals surface area contributed by atoms with E-state index in [1.54, 1.807) is 19.2 Å². The highest BCUT2D eigenvalue weighted by Gasteiger charge is 2.71. The van der Waals surface area contributed by atoms with Crippen LogP contribution in [-0.2, 0) is 4.79 Å². The van der Waals surface area contributed by atoms with Crippen molar-refractivity contribution in [2.24, 2.45) is 0 Å². The molecule has 0 saturated carbocycles. The highest BCUT2D eigenvalue weighted by Crippen LogP contribution is 2.64. The fourth-order valence-corrected chi connectivity index (χ4v) is 8.82. The minimum absolute atomic E-state index is 0.150. The molecule has 48 heavy (non-hydrogen) atoms. The third-order valence-electron chi connectivity index (χ3n) is 7.71. The monoisotopic (exact) mass is 802 g/mol. The second-order valence-electron chi connectivity index (χ2n) is 11.1. The van der Waals surface area contributed by atoms with Crippen LogP contribution in [0, 0.1) is 18.6 Å². The van der Waals surface area contributed by atoms with E-state index in [0.29, 0.717) is 16.9 Å². The van der Waals surface area contributed by atoms with Gasteiger partial charge in [-0.2, -0.15) is 4.98 Å². The van der Waals surface area contributed by atoms with Gasteiger partial charge in [-0.3, -0.25) is 14.7 Å². The van der Waals surface area contributed by atoms with Crippen LogP contribution in [0.15, 0.2) is 54.0 Å². The summed E-state index contributed by atoms with van der Waals surface area (Å²) >= 11 is 37.4. The third kappa shape index (κ3) is 5.50. The van der Waals surface area contributed by atoms with Crippen molar-refractivity contribution in [3.8, 4) is 22.7 Å². The maximum atomic E-state index is 16.2. The first-order valence-corrected chi connectivity index (χ1v) is 17.3. The SMILES string of the molecule is C=CC(=O)N1C(S)(S)C(S)(S)N(c2nc(=O)n(-c3c(C)ccnc3C(C)C)c3nc(-c4c(O)cccc4F)c(F)cc23)C(S)(S)C1(S)S. The van der Waals surface area contributed by atoms with Crippen molar-refractivity contribution in [2.75, 3.05) is 4.90 Å². The van der Waals surface area contributed by atoms with Gasteiger partial charge in [0, 0.05) is 6.20 Å². The van der Waals surface area contributed by atoms with Gasteiger partial charge < -0.3 is 10.0 Å². The van der Waals surface area contributed by atoms with Crippen LogP contribution in [-0.4, -0.2) is 52.2 Å². The predicted molar refractivity (Wildman–Crippen MR) is 211 cm³/mol. The lowest BCUT2D eigenvalue weighted by Crippen LogP contribution is -2.80. The van der Waals surface area contributed by atoms with Gasteiger partial charge in [0.1, 0.15) is 23.1 Å². The van der Waals surface area contributed by atoms with Crippen molar-refractivity contribution in [2.45, 2.75) is 43.5 Å². The van der Waals surface area contributed by atoms with Gasteiger partial charge in [0.05, 0.1) is 22.3 Å². The Kier molecular flexibility index (Phi) is 9.91. The molecule has 254 valence electrons. The lowest BCUT2D eigenvalue weighted by Gasteiger charge is -2.66. The number of aromatic nitrogens is 4. The molecule has 1 fully saturated rings. The van der Waals surface area contributed by atoms with Crippen LogP contribution >= 0.6 is 101 Å². The number of aryl methyl sites for hydroxylation is 1. The predicted octanol–water partition coefficient (Wildman–Crippen LogP) is 6.15. The zero-order chi connectivity index (χ0) is 35.9. The Bertz CT molecular complexity index is 2030. The minimum atomic E-state index is -2.05. The summed E-state index contributed by atoms with van der Waals surface area (Å²) in [7, 11) is 0. The highest BCUT2D eigenvalue weighted by atomic mass is 32.2. The van der Waals surface area contributed by atoms with Gasteiger partial charge in [-0.15, -0.1) is 101 Å². The molecule has 1 aliphatic heterocycles. The molecule has 0 atom stereocenters. The number of benzene rings is 1. The van der Waals surface area contributed by atoms with Crippen molar-refractivity contribution >= 4 is 124 Å². The number of rotatable bonds is 5. The number of nitrogens with zero attached hydrogens (tertiary/aromatic N) is 6. The Morgan fingerprint density at radius 3 is 2.10 bits per heavy atom. The quantitative estimate of drug-likeness (QED) is 0.0679. The van der Waals surface area contributed by atoms with E-state index in [1.165, 1.54) is 12.1 Å². The number of anilines is 1. The number of hydrogen-bond donors (Lipinski definition) is 9. The third-order valence-corrected chi connectivity index (χ3v) is 13.3. The molecule has 1 amide bonds. The van der Waals surface area contributed by atoms with E-state index in [1.807, 2.05) is 13.8 Å². The standard InChI is InChI=1S/C29H28F2N6O3S8/c1-5-18(39)36-26(41,42)28(45,46)37(29(47,48)27(36,43)44)24-14-11-16(31)21(19-15(30)7-6-8-17(19)38)33-23(14)35(25(40)34-24)22-13(4)9-10-32-20(22)12(2)3/h5-12,38,41-48H,1H2,2-4H3. The van der Waals surface area contributed by atoms with Gasteiger partial charge >= 0.3 is 5.69 Å². The van der Waals surface area contributed by atoms with Gasteiger partial charge in [-0.1, -0.05) is 26.5 Å². The number of halogens is 2. The highest BCUT2D eigenvalue weighted by molar-refractivity contribution is 8.10. The average molecular weight is 803 g/mol. The normalized spacial score (nSPS) is 18.0. The first kappa shape index (κ1) is 37.4. The molecule has 1 saturated heterocycles. The summed E-state index contributed by atoms with van der Waals surface area (Å²) in [4.78, 5) is 42.9. The summed E-state index contributed by atoms with van der Waals surface area (Å²) in [6, 6.07) is 6.07. The Labute approximate surface area is 318 Å². The van der Waals surface area contributed by atoms with Crippen LogP contribution in [0.5, 0.6) is 5.75 Å². The Morgan fingerprint density at radius 2 is 1.56 bits per heavy atom. The molecule has 1 aromatic carbocycles. The van der Waals surface area contributed by atoms with Crippen molar-refractivity contribution in [1.82, 2.24) is 24.4 Å². The molecule has 19 heteroatoms. The maximum absolute atomic E-state index is 16.2. The number of thiol groups is 8. The number of hydrogen-bond acceptors (Lipinski definition) is 15. The summed E-state index contributed by atoms with van der Waals surface area (Å²) in [6.07, 6.45) is 2.54. The molecule has 5 rings (SSSR count). The number of carbonyl (C=O) groups is 1. The van der Waals surface area contributed by atoms with Crippen molar-refractivity contribution in [1.29, 1.82) is 0 Å². The van der Waals surface area contributed by atoms with Gasteiger partial charge in [-0.25, -0.2) is 23.1 Å². The number of phenolic OH excluding ortho intramolecular Hbond substituents is 1. The lowest BCUT2D eigenvalue weighted by molar-refractivity contribution is -0.130. The van der Waals surface area contributed by atoms with E-state index in [9.17, 15) is 14.7 Å². The van der Waals surface area contributed by atoms with Gasteiger partial charge in [0.15, 0.2) is 28.3 Å². The molecular weight excluding hydrogens is 775 g/mol. The smallest absolute Gasteiger partial charge is 0.355 e. The topological polar surface area (TPSA) is 104 Å². The van der Waals surface area contributed by atoms with Crippen LogP contribution < -0.4 is 10.6 Å². The van der Waals surface area contributed by atoms with Crippen LogP contribution in [0.2, 0.25) is 0 Å². The van der Waals surface area contributed by atoms with Crippen LogP contribution in [0.25, 0.3) is 28.0 Å². The lowest BCUT2D eigenvalue weighted by atomic mass is 10.0. The second-order valence-corrected chi connectivity index (χ2v) is 17.7. The minimum Gasteiger partial charge on any atom is -0.507 e. The molecule has 4 aromatic rings. The van der Waals surface area contributed by atoms with Crippen LogP contribution in [0.3, 0.4) is 0 Å². The van der Waals surface area contributed by atoms with Gasteiger partial charge in [0.25, 0.3) is 0 Å². The molecular formula is C29H28F2N6O3S8. The van der Waals surface area contributed by atoms with Gasteiger partial charge in [-0.05, 0) is 48.7 Å². The summed E-state index contributed by atoms with van der Waals surface area (Å²) in [5.41, 5.74) is -0.931. The summed E-state index contributed by atoms with van der Waals surface area (Å²) in [6.45, 7) is 8.99. The first-order chi connectivity index (χ1) is 22.1. The Hall–Kier alpha value is -1.87. The van der Waals surface area contributed by atoms with Crippen LogP contribution in [0.1, 0.15) is 31.0 Å². The average Bonchev–Trinajstić information content (AvgIpc) is 2.97. The van der Waals surface area contributed by atoms with Crippen LogP contribution in [0.4, 0.5) is 14.6 Å². The van der Waals surface area contributed by atoms with Gasteiger partial charge in [0.2, 0.25) is 5.91 Å². The Morgan fingerprint density at radius 1 is 0.958 bits per heavy atom. The number of aromatic hydroxyl groups is 1. The number of phenols is 1. The molecule has 0 spiro atoms. The molecule has 1 aliphatic rings. The number of amides is 1. The van der Waals surface area contributed by atoms with Crippen molar-refractivity contribution < 1.29 is 18.7 Å². The first-order valence-electron chi connectivity index (χ1n) is 13.8. The molecule has 0 aliphatic carbocycles. The molecule has 1 N–H and O–H groups in total. The van der Waals surface area contributed by atoms with Crippen molar-refractivity contribution in [3.63, 3.8) is 0 Å². The zero-order valence-corrected chi connectivity index (χ0v) is 32.3. The molecule has 9 nitrogen and oxygen atoms in total. The zero-order valence-electron chi connectivity index (χ0n) is 25.1. The number of pyridine rings is 2. The molecule has 3 aromatic heterocycles. The molecule has 0 radical (unpaired) electrons. The van der Waals surface area contributed by atoms with E-state index in [-0.39, 0.29) is 22.8 Å². The number of piperazine rings is 1. The second kappa shape index (κ2) is 12.7. The van der Waals surface area contributed by atoms with E-state index in [4.69, 9.17) is 50.5 Å². The molecule has 0 bridgehead atoms. The molecule has 0 unspecified atom stereocenters. The largest absolute Gasteiger partial charge is 0.507 e. The molecule has 4 heterocycles. The van der Waals surface area contributed by atoms with Crippen molar-refractivity contribution in [3.05, 3.63) is 82.6 Å². The number of carbonyl (C=O) groups excluding carboxylic acids is 1. The fraction of sp³-hybridized carbons (Fsp3) is 0.276. The Balaban J connectivity index is 1.99.